The van der Waals surface area contributed by atoms with Gasteiger partial charge in [-0.2, -0.15) is 0 Å². The van der Waals surface area contributed by atoms with Gasteiger partial charge in [0.15, 0.2) is 12.4 Å². The van der Waals surface area contributed by atoms with E-state index in [1.807, 2.05) is 0 Å². The van der Waals surface area contributed by atoms with E-state index in [1.165, 1.54) is 12.8 Å². The van der Waals surface area contributed by atoms with Crippen LogP contribution in [0.4, 0.5) is 0 Å². The van der Waals surface area contributed by atoms with Gasteiger partial charge in [0.25, 0.3) is 0 Å². The second-order valence-corrected chi connectivity index (χ2v) is 4.71. The van der Waals surface area contributed by atoms with Crippen molar-refractivity contribution in [3.63, 3.8) is 0 Å². The molecule has 3 heteroatoms. The van der Waals surface area contributed by atoms with Gasteiger partial charge in [0.2, 0.25) is 0 Å². The zero-order valence-electron chi connectivity index (χ0n) is 10.1. The number of aryl methyl sites for hydroxylation is 1. The molecule has 3 rings (SSSR count). The van der Waals surface area contributed by atoms with E-state index in [9.17, 15) is 0 Å². The minimum atomic E-state index is 0.630. The average Bonchev–Trinajstić information content (AvgIpc) is 3.09. The molecule has 0 saturated heterocycles. The molecule has 2 aromatic rings. The third kappa shape index (κ3) is 2.23. The van der Waals surface area contributed by atoms with Crippen LogP contribution < -0.4 is 4.57 Å². The van der Waals surface area contributed by atoms with Crippen molar-refractivity contribution >= 4 is 0 Å². The van der Waals surface area contributed by atoms with Gasteiger partial charge < -0.3 is 4.52 Å². The van der Waals surface area contributed by atoms with Crippen molar-refractivity contribution in [3.8, 4) is 11.3 Å². The van der Waals surface area contributed by atoms with Crippen molar-refractivity contribution in [1.29, 1.82) is 0 Å². The van der Waals surface area contributed by atoms with E-state index in [1.54, 1.807) is 0 Å². The summed E-state index contributed by atoms with van der Waals surface area (Å²) in [7, 11) is 0. The Hall–Kier alpha value is -1.64. The molecule has 0 atom stereocenters. The predicted molar refractivity (Wildman–Crippen MR) is 64.4 cm³/mol. The Labute approximate surface area is 101 Å². The topological polar surface area (TPSA) is 29.9 Å². The van der Waals surface area contributed by atoms with Gasteiger partial charge in [0.05, 0.1) is 0 Å². The molecule has 0 spiro atoms. The van der Waals surface area contributed by atoms with Crippen LogP contribution >= 0.6 is 0 Å². The smallest absolute Gasteiger partial charge is 0.169 e. The molecule has 17 heavy (non-hydrogen) atoms. The van der Waals surface area contributed by atoms with E-state index < -0.39 is 0 Å². The first-order chi connectivity index (χ1) is 8.36. The second kappa shape index (κ2) is 4.32. The highest BCUT2D eigenvalue weighted by Crippen LogP contribution is 2.41. The number of pyridine rings is 1. The van der Waals surface area contributed by atoms with Crippen LogP contribution in [0.1, 0.15) is 37.9 Å². The fraction of sp³-hybridized carbons (Fsp3) is 0.429. The van der Waals surface area contributed by atoms with Crippen molar-refractivity contribution in [2.75, 3.05) is 0 Å². The molecular weight excluding hydrogens is 212 g/mol. The molecule has 2 aromatic heterocycles. The largest absolute Gasteiger partial charge is 0.360 e. The van der Waals surface area contributed by atoms with Crippen molar-refractivity contribution in [2.24, 2.45) is 0 Å². The van der Waals surface area contributed by atoms with E-state index in [2.05, 4.69) is 47.2 Å². The molecule has 88 valence electrons. The lowest BCUT2D eigenvalue weighted by molar-refractivity contribution is -0.696. The average molecular weight is 229 g/mol. The number of nitrogens with zero attached hydrogens (tertiary/aromatic N) is 2. The van der Waals surface area contributed by atoms with Crippen LogP contribution in [-0.2, 0) is 6.54 Å². The summed E-state index contributed by atoms with van der Waals surface area (Å²) in [6, 6.07) is 6.28. The maximum atomic E-state index is 5.36. The van der Waals surface area contributed by atoms with Crippen LogP contribution in [0.25, 0.3) is 11.3 Å². The van der Waals surface area contributed by atoms with E-state index in [0.717, 1.165) is 30.0 Å². The highest BCUT2D eigenvalue weighted by atomic mass is 16.5. The molecule has 1 aliphatic rings. The zero-order valence-corrected chi connectivity index (χ0v) is 10.1. The van der Waals surface area contributed by atoms with Crippen molar-refractivity contribution < 1.29 is 9.09 Å². The van der Waals surface area contributed by atoms with Gasteiger partial charge in [0, 0.05) is 36.1 Å². The summed E-state index contributed by atoms with van der Waals surface area (Å²) in [5, 5.41) is 4.14. The first-order valence-electron chi connectivity index (χ1n) is 6.33. The molecular formula is C14H17N2O+. The lowest BCUT2D eigenvalue weighted by Crippen LogP contribution is -2.31. The molecule has 0 unspecified atom stereocenters. The second-order valence-electron chi connectivity index (χ2n) is 4.71. The van der Waals surface area contributed by atoms with Crippen LogP contribution in [-0.4, -0.2) is 5.16 Å². The van der Waals surface area contributed by atoms with Gasteiger partial charge in [-0.05, 0) is 12.8 Å². The summed E-state index contributed by atoms with van der Waals surface area (Å²) in [6.07, 6.45) is 7.86. The summed E-state index contributed by atoms with van der Waals surface area (Å²) < 4.78 is 7.55. The third-order valence-corrected chi connectivity index (χ3v) is 3.18. The molecule has 0 N–H and O–H groups in total. The summed E-state index contributed by atoms with van der Waals surface area (Å²) in [5.74, 6) is 1.68. The summed E-state index contributed by atoms with van der Waals surface area (Å²) >= 11 is 0. The Morgan fingerprint density at radius 1 is 1.35 bits per heavy atom. The van der Waals surface area contributed by atoms with Crippen LogP contribution in [0.3, 0.4) is 0 Å². The van der Waals surface area contributed by atoms with Gasteiger partial charge in [0.1, 0.15) is 18.0 Å². The molecule has 1 fully saturated rings. The first-order valence-corrected chi connectivity index (χ1v) is 6.33. The molecule has 0 aliphatic heterocycles. The zero-order chi connectivity index (χ0) is 11.7. The van der Waals surface area contributed by atoms with E-state index in [4.69, 9.17) is 4.52 Å². The van der Waals surface area contributed by atoms with Gasteiger partial charge in [-0.25, -0.2) is 4.57 Å². The Bertz CT molecular complexity index is 497. The van der Waals surface area contributed by atoms with Gasteiger partial charge in [-0.3, -0.25) is 0 Å². The fourth-order valence-corrected chi connectivity index (χ4v) is 2.02. The SMILES string of the molecule is CCC[n+]1ccc(-c2cc(C3CC3)on2)cc1. The van der Waals surface area contributed by atoms with E-state index in [-0.39, 0.29) is 0 Å². The molecule has 1 aliphatic carbocycles. The minimum Gasteiger partial charge on any atom is -0.360 e. The van der Waals surface area contributed by atoms with E-state index in [0.29, 0.717) is 5.92 Å². The highest BCUT2D eigenvalue weighted by molar-refractivity contribution is 5.57. The Morgan fingerprint density at radius 2 is 2.12 bits per heavy atom. The fourth-order valence-electron chi connectivity index (χ4n) is 2.02. The monoisotopic (exact) mass is 229 g/mol. The molecule has 3 nitrogen and oxygen atoms in total. The predicted octanol–water partition coefficient (Wildman–Crippen LogP) is 2.92. The van der Waals surface area contributed by atoms with Crippen molar-refractivity contribution in [2.45, 2.75) is 38.6 Å². The summed E-state index contributed by atoms with van der Waals surface area (Å²) in [4.78, 5) is 0. The number of hydrogen-bond acceptors (Lipinski definition) is 2. The summed E-state index contributed by atoms with van der Waals surface area (Å²) in [5.41, 5.74) is 2.09. The normalized spacial score (nSPS) is 15.1. The van der Waals surface area contributed by atoms with Gasteiger partial charge in [-0.15, -0.1) is 0 Å². The van der Waals surface area contributed by atoms with Crippen LogP contribution in [0.2, 0.25) is 0 Å². The third-order valence-electron chi connectivity index (χ3n) is 3.18. The van der Waals surface area contributed by atoms with Crippen LogP contribution in [0.15, 0.2) is 35.1 Å². The number of hydrogen-bond donors (Lipinski definition) is 0. The van der Waals surface area contributed by atoms with Crippen molar-refractivity contribution in [1.82, 2.24) is 5.16 Å². The lowest BCUT2D eigenvalue weighted by Gasteiger charge is -1.95. The summed E-state index contributed by atoms with van der Waals surface area (Å²) in [6.45, 7) is 3.24. The van der Waals surface area contributed by atoms with Gasteiger partial charge >= 0.3 is 0 Å². The van der Waals surface area contributed by atoms with Crippen LogP contribution in [0.5, 0.6) is 0 Å². The molecule has 0 bridgehead atoms. The molecule has 2 heterocycles. The molecule has 1 saturated carbocycles. The minimum absolute atomic E-state index is 0.630. The maximum Gasteiger partial charge on any atom is 0.169 e. The van der Waals surface area contributed by atoms with E-state index >= 15 is 0 Å². The quantitative estimate of drug-likeness (QED) is 0.754. The maximum absolute atomic E-state index is 5.36. The standard InChI is InChI=1S/C14H17N2O/c1-2-7-16-8-5-11(6-9-16)13-10-14(17-15-13)12-3-4-12/h5-6,8-10,12H,2-4,7H2,1H3/q+1. The van der Waals surface area contributed by atoms with Gasteiger partial charge in [-0.1, -0.05) is 12.1 Å². The highest BCUT2D eigenvalue weighted by Gasteiger charge is 2.28. The molecule has 0 radical (unpaired) electrons. The molecule has 0 aromatic carbocycles. The Balaban J connectivity index is 1.81. The Kier molecular flexibility index (Phi) is 2.67. The first kappa shape index (κ1) is 10.5. The Morgan fingerprint density at radius 3 is 2.76 bits per heavy atom. The van der Waals surface area contributed by atoms with Crippen LogP contribution in [0, 0.1) is 0 Å². The lowest BCUT2D eigenvalue weighted by atomic mass is 10.2. The van der Waals surface area contributed by atoms with Crippen molar-refractivity contribution in [3.05, 3.63) is 36.4 Å². The number of rotatable bonds is 4. The molecule has 0 amide bonds. The number of aromatic nitrogens is 2.